The van der Waals surface area contributed by atoms with E-state index in [1.807, 2.05) is 24.3 Å². The zero-order chi connectivity index (χ0) is 14.4. The van der Waals surface area contributed by atoms with Crippen molar-refractivity contribution in [3.63, 3.8) is 0 Å². The molecular weight excluding hydrogens is 288 g/mol. The molecule has 1 heterocycles. The minimum atomic E-state index is 0.181. The van der Waals surface area contributed by atoms with Crippen LogP contribution in [0.1, 0.15) is 33.1 Å². The number of thiazole rings is 1. The van der Waals surface area contributed by atoms with Gasteiger partial charge >= 0.3 is 0 Å². The van der Waals surface area contributed by atoms with Gasteiger partial charge < -0.3 is 5.32 Å². The maximum atomic E-state index is 12.0. The number of carbonyl (C=O) groups is 1. The lowest BCUT2D eigenvalue weighted by Crippen LogP contribution is -2.28. The van der Waals surface area contributed by atoms with Crippen LogP contribution in [0.4, 0.5) is 0 Å². The van der Waals surface area contributed by atoms with Crippen molar-refractivity contribution in [2.24, 2.45) is 0 Å². The highest BCUT2D eigenvalue weighted by Crippen LogP contribution is 2.30. The Balaban J connectivity index is 1.84. The summed E-state index contributed by atoms with van der Waals surface area (Å²) >= 11 is 2.85. The SMILES string of the molecule is CCCCNC(C)CC(=O)Sc1nc2ccccc2s1. The Bertz CT molecular complexity index is 535. The van der Waals surface area contributed by atoms with Crippen molar-refractivity contribution in [1.82, 2.24) is 10.3 Å². The number of benzene rings is 1. The summed E-state index contributed by atoms with van der Waals surface area (Å²) in [5, 5.41) is 3.56. The lowest BCUT2D eigenvalue weighted by Gasteiger charge is -2.11. The Morgan fingerprint density at radius 2 is 2.25 bits per heavy atom. The van der Waals surface area contributed by atoms with Gasteiger partial charge in [-0.1, -0.05) is 25.5 Å². The number of thioether (sulfide) groups is 1. The van der Waals surface area contributed by atoms with Gasteiger partial charge in [-0.3, -0.25) is 4.79 Å². The standard InChI is InChI=1S/C15H20N2OS2/c1-3-4-9-16-11(2)10-14(18)20-15-17-12-7-5-6-8-13(12)19-15/h5-8,11,16H,3-4,9-10H2,1-2H3. The summed E-state index contributed by atoms with van der Waals surface area (Å²) in [6, 6.07) is 8.22. The van der Waals surface area contributed by atoms with Crippen molar-refractivity contribution in [2.75, 3.05) is 6.54 Å². The molecule has 0 aliphatic heterocycles. The van der Waals surface area contributed by atoms with E-state index in [1.54, 1.807) is 11.3 Å². The number of aromatic nitrogens is 1. The fourth-order valence-corrected chi connectivity index (χ4v) is 3.97. The molecule has 0 saturated carbocycles. The van der Waals surface area contributed by atoms with Crippen LogP contribution in [-0.4, -0.2) is 22.7 Å². The molecule has 1 aromatic carbocycles. The monoisotopic (exact) mass is 308 g/mol. The third-order valence-electron chi connectivity index (χ3n) is 2.97. The molecule has 2 rings (SSSR count). The van der Waals surface area contributed by atoms with Crippen molar-refractivity contribution in [3.8, 4) is 0 Å². The topological polar surface area (TPSA) is 42.0 Å². The zero-order valence-corrected chi connectivity index (χ0v) is 13.5. The first kappa shape index (κ1) is 15.5. The summed E-state index contributed by atoms with van der Waals surface area (Å²) in [5.74, 6) is 0. The third kappa shape index (κ3) is 4.58. The van der Waals surface area contributed by atoms with Gasteiger partial charge in [0.1, 0.15) is 0 Å². The molecule has 0 amide bonds. The quantitative estimate of drug-likeness (QED) is 0.618. The second-order valence-electron chi connectivity index (χ2n) is 4.83. The van der Waals surface area contributed by atoms with E-state index in [1.165, 1.54) is 18.2 Å². The molecule has 0 spiro atoms. The Labute approximate surface area is 128 Å². The molecule has 1 atom stereocenters. The van der Waals surface area contributed by atoms with Crippen LogP contribution in [0.5, 0.6) is 0 Å². The molecule has 0 saturated heterocycles. The van der Waals surface area contributed by atoms with E-state index in [2.05, 4.69) is 24.1 Å². The number of nitrogens with zero attached hydrogens (tertiary/aromatic N) is 1. The highest BCUT2D eigenvalue weighted by atomic mass is 32.2. The van der Waals surface area contributed by atoms with Crippen molar-refractivity contribution in [1.29, 1.82) is 0 Å². The molecule has 3 nitrogen and oxygen atoms in total. The molecule has 108 valence electrons. The average molecular weight is 308 g/mol. The van der Waals surface area contributed by atoms with Gasteiger partial charge in [0.05, 0.1) is 10.2 Å². The first-order valence-corrected chi connectivity index (χ1v) is 8.62. The van der Waals surface area contributed by atoms with Crippen LogP contribution < -0.4 is 5.32 Å². The number of para-hydroxylation sites is 1. The van der Waals surface area contributed by atoms with Crippen LogP contribution in [0.3, 0.4) is 0 Å². The van der Waals surface area contributed by atoms with E-state index in [-0.39, 0.29) is 11.2 Å². The van der Waals surface area contributed by atoms with Gasteiger partial charge in [-0.2, -0.15) is 0 Å². The number of fused-ring (bicyclic) bond motifs is 1. The molecular formula is C15H20N2OS2. The number of carbonyl (C=O) groups excluding carboxylic acids is 1. The van der Waals surface area contributed by atoms with E-state index in [0.717, 1.165) is 27.5 Å². The van der Waals surface area contributed by atoms with E-state index < -0.39 is 0 Å². The van der Waals surface area contributed by atoms with Gasteiger partial charge in [-0.15, -0.1) is 11.3 Å². The van der Waals surface area contributed by atoms with Crippen LogP contribution >= 0.6 is 23.1 Å². The molecule has 0 aliphatic rings. The van der Waals surface area contributed by atoms with Crippen LogP contribution in [0.25, 0.3) is 10.2 Å². The first-order valence-electron chi connectivity index (χ1n) is 6.98. The van der Waals surface area contributed by atoms with Crippen LogP contribution in [0, 0.1) is 0 Å². The van der Waals surface area contributed by atoms with Crippen molar-refractivity contribution < 1.29 is 4.79 Å². The molecule has 0 radical (unpaired) electrons. The van der Waals surface area contributed by atoms with Gasteiger partial charge in [0, 0.05) is 12.5 Å². The Morgan fingerprint density at radius 3 is 3.00 bits per heavy atom. The number of rotatable bonds is 7. The normalized spacial score (nSPS) is 12.7. The zero-order valence-electron chi connectivity index (χ0n) is 11.9. The Hall–Kier alpha value is -0.910. The van der Waals surface area contributed by atoms with Crippen molar-refractivity contribution in [3.05, 3.63) is 24.3 Å². The lowest BCUT2D eigenvalue weighted by molar-refractivity contribution is -0.111. The summed E-state index contributed by atoms with van der Waals surface area (Å²) in [7, 11) is 0. The maximum Gasteiger partial charge on any atom is 0.197 e. The minimum absolute atomic E-state index is 0.181. The third-order valence-corrected chi connectivity index (χ3v) is 4.96. The smallest absolute Gasteiger partial charge is 0.197 e. The van der Waals surface area contributed by atoms with E-state index in [4.69, 9.17) is 0 Å². The van der Waals surface area contributed by atoms with E-state index >= 15 is 0 Å². The van der Waals surface area contributed by atoms with Gasteiger partial charge in [-0.25, -0.2) is 4.98 Å². The molecule has 1 unspecified atom stereocenters. The fourth-order valence-electron chi connectivity index (χ4n) is 1.88. The van der Waals surface area contributed by atoms with Gasteiger partial charge in [0.2, 0.25) is 0 Å². The fraction of sp³-hybridized carbons (Fsp3) is 0.467. The Morgan fingerprint density at radius 1 is 1.45 bits per heavy atom. The van der Waals surface area contributed by atoms with Crippen molar-refractivity contribution in [2.45, 2.75) is 43.5 Å². The summed E-state index contributed by atoms with van der Waals surface area (Å²) in [4.78, 5) is 16.5. The molecule has 20 heavy (non-hydrogen) atoms. The minimum Gasteiger partial charge on any atom is -0.314 e. The second kappa shape index (κ2) is 7.76. The van der Waals surface area contributed by atoms with Crippen molar-refractivity contribution >= 4 is 38.4 Å². The average Bonchev–Trinajstić information content (AvgIpc) is 2.80. The highest BCUT2D eigenvalue weighted by Gasteiger charge is 2.13. The Kier molecular flexibility index (Phi) is 6.01. The van der Waals surface area contributed by atoms with Crippen LogP contribution in [0.15, 0.2) is 28.6 Å². The molecule has 5 heteroatoms. The predicted octanol–water partition coefficient (Wildman–Crippen LogP) is 4.08. The van der Waals surface area contributed by atoms with E-state index in [0.29, 0.717) is 6.42 Å². The molecule has 1 aromatic heterocycles. The summed E-state index contributed by atoms with van der Waals surface area (Å²) in [6.45, 7) is 5.21. The predicted molar refractivity (Wildman–Crippen MR) is 87.5 cm³/mol. The molecule has 0 bridgehead atoms. The summed E-state index contributed by atoms with van der Waals surface area (Å²) in [6.07, 6.45) is 2.88. The van der Waals surface area contributed by atoms with Crippen LogP contribution in [-0.2, 0) is 4.79 Å². The number of hydrogen-bond donors (Lipinski definition) is 1. The molecule has 1 N–H and O–H groups in total. The maximum absolute atomic E-state index is 12.0. The molecule has 0 fully saturated rings. The highest BCUT2D eigenvalue weighted by molar-refractivity contribution is 8.15. The van der Waals surface area contributed by atoms with Crippen LogP contribution in [0.2, 0.25) is 0 Å². The van der Waals surface area contributed by atoms with Gasteiger partial charge in [0.15, 0.2) is 9.45 Å². The second-order valence-corrected chi connectivity index (χ2v) is 7.17. The summed E-state index contributed by atoms with van der Waals surface area (Å²) < 4.78 is 1.98. The summed E-state index contributed by atoms with van der Waals surface area (Å²) in [5.41, 5.74) is 0.974. The number of hydrogen-bond acceptors (Lipinski definition) is 5. The number of nitrogens with one attached hydrogen (secondary N) is 1. The van der Waals surface area contributed by atoms with E-state index in [9.17, 15) is 4.79 Å². The largest absolute Gasteiger partial charge is 0.314 e. The van der Waals surface area contributed by atoms with Gasteiger partial charge in [-0.05, 0) is 43.8 Å². The lowest BCUT2D eigenvalue weighted by atomic mass is 10.2. The molecule has 0 aliphatic carbocycles. The molecule has 2 aromatic rings. The van der Waals surface area contributed by atoms with Gasteiger partial charge in [0.25, 0.3) is 0 Å². The first-order chi connectivity index (χ1) is 9.69. The number of unbranched alkanes of at least 4 members (excludes halogenated alkanes) is 1.